The van der Waals surface area contributed by atoms with E-state index in [1.165, 1.54) is 35.9 Å². The van der Waals surface area contributed by atoms with Crippen molar-refractivity contribution in [3.8, 4) is 11.3 Å². The van der Waals surface area contributed by atoms with Gasteiger partial charge < -0.3 is 5.32 Å². The molecule has 2 N–H and O–H groups in total. The van der Waals surface area contributed by atoms with Crippen LogP contribution in [-0.4, -0.2) is 28.4 Å². The fraction of sp³-hybridized carbons (Fsp3) is 0. The zero-order chi connectivity index (χ0) is 19.4. The second-order valence-electron chi connectivity index (χ2n) is 5.60. The number of pyridine rings is 1. The fourth-order valence-electron chi connectivity index (χ4n) is 2.36. The number of anilines is 3. The molecule has 28 heavy (non-hydrogen) atoms. The van der Waals surface area contributed by atoms with E-state index >= 15 is 0 Å². The molecule has 0 aliphatic rings. The zero-order valence-electron chi connectivity index (χ0n) is 14.4. The molecular formula is C18H14N6O2S2. The summed E-state index contributed by atoms with van der Waals surface area (Å²) in [6.45, 7) is 0. The van der Waals surface area contributed by atoms with Crippen molar-refractivity contribution >= 4 is 38.1 Å². The lowest BCUT2D eigenvalue weighted by molar-refractivity contribution is 0.601. The summed E-state index contributed by atoms with van der Waals surface area (Å²) in [5, 5.41) is 5.83. The standard InChI is InChI=1S/C18H14N6O2S2/c25-28(26,24-17-20-8-1-9-21-17)15-4-2-14(3-5-15)22-18-23-16(12-27-18)13-6-10-19-11-7-13/h1-12H,(H,22,23)(H,20,21,24). The van der Waals surface area contributed by atoms with Gasteiger partial charge in [0.15, 0.2) is 5.13 Å². The van der Waals surface area contributed by atoms with Crippen molar-refractivity contribution < 1.29 is 8.42 Å². The summed E-state index contributed by atoms with van der Waals surface area (Å²) in [6, 6.07) is 11.7. The minimum atomic E-state index is -3.76. The summed E-state index contributed by atoms with van der Waals surface area (Å²) in [7, 11) is -3.76. The van der Waals surface area contributed by atoms with Crippen LogP contribution in [0.2, 0.25) is 0 Å². The van der Waals surface area contributed by atoms with E-state index in [2.05, 4.69) is 30.0 Å². The Morgan fingerprint density at radius 1 is 0.893 bits per heavy atom. The van der Waals surface area contributed by atoms with Gasteiger partial charge in [-0.25, -0.2) is 28.1 Å². The van der Waals surface area contributed by atoms with Crippen molar-refractivity contribution in [2.24, 2.45) is 0 Å². The van der Waals surface area contributed by atoms with E-state index in [0.717, 1.165) is 16.9 Å². The molecule has 0 radical (unpaired) electrons. The highest BCUT2D eigenvalue weighted by atomic mass is 32.2. The molecule has 0 spiro atoms. The molecule has 1 aromatic carbocycles. The molecule has 0 aliphatic heterocycles. The summed E-state index contributed by atoms with van der Waals surface area (Å²) in [5.41, 5.74) is 2.56. The van der Waals surface area contributed by atoms with Crippen molar-refractivity contribution in [1.82, 2.24) is 19.9 Å². The van der Waals surface area contributed by atoms with Gasteiger partial charge in [-0.3, -0.25) is 4.98 Å². The van der Waals surface area contributed by atoms with Crippen LogP contribution < -0.4 is 10.0 Å². The maximum absolute atomic E-state index is 12.4. The molecule has 0 saturated carbocycles. The number of hydrogen-bond donors (Lipinski definition) is 2. The molecule has 0 atom stereocenters. The van der Waals surface area contributed by atoms with E-state index < -0.39 is 10.0 Å². The van der Waals surface area contributed by atoms with Crippen LogP contribution in [0, 0.1) is 0 Å². The van der Waals surface area contributed by atoms with Gasteiger partial charge in [-0.1, -0.05) is 0 Å². The number of benzene rings is 1. The molecular weight excluding hydrogens is 396 g/mol. The van der Waals surface area contributed by atoms with E-state index in [9.17, 15) is 8.42 Å². The molecule has 3 aromatic heterocycles. The quantitative estimate of drug-likeness (QED) is 0.500. The fourth-order valence-corrected chi connectivity index (χ4v) is 4.06. The van der Waals surface area contributed by atoms with E-state index in [1.807, 2.05) is 17.5 Å². The van der Waals surface area contributed by atoms with Crippen molar-refractivity contribution in [2.45, 2.75) is 4.90 Å². The molecule has 0 fully saturated rings. The lowest BCUT2D eigenvalue weighted by Gasteiger charge is -2.07. The SMILES string of the molecule is O=S(=O)(Nc1ncccn1)c1ccc(Nc2nc(-c3ccncc3)cs2)cc1. The molecule has 0 amide bonds. The molecule has 8 nitrogen and oxygen atoms in total. The first kappa shape index (κ1) is 18.0. The minimum absolute atomic E-state index is 0.0242. The molecule has 0 bridgehead atoms. The first-order valence-corrected chi connectivity index (χ1v) is 10.5. The number of hydrogen-bond acceptors (Lipinski definition) is 8. The average Bonchev–Trinajstić information content (AvgIpc) is 3.18. The van der Waals surface area contributed by atoms with Crippen molar-refractivity contribution in [1.29, 1.82) is 0 Å². The van der Waals surface area contributed by atoms with Gasteiger partial charge in [0.1, 0.15) is 0 Å². The number of sulfonamides is 1. The van der Waals surface area contributed by atoms with Crippen LogP contribution in [0.15, 0.2) is 77.5 Å². The molecule has 3 heterocycles. The van der Waals surface area contributed by atoms with Crippen LogP contribution in [0.1, 0.15) is 0 Å². The highest BCUT2D eigenvalue weighted by molar-refractivity contribution is 7.92. The van der Waals surface area contributed by atoms with Crippen LogP contribution >= 0.6 is 11.3 Å². The van der Waals surface area contributed by atoms with E-state index in [1.54, 1.807) is 30.6 Å². The van der Waals surface area contributed by atoms with Gasteiger partial charge in [-0.05, 0) is 42.5 Å². The van der Waals surface area contributed by atoms with Gasteiger partial charge in [0.05, 0.1) is 10.6 Å². The number of nitrogens with one attached hydrogen (secondary N) is 2. The van der Waals surface area contributed by atoms with E-state index in [-0.39, 0.29) is 10.8 Å². The predicted octanol–water partition coefficient (Wildman–Crippen LogP) is 3.54. The molecule has 0 saturated heterocycles. The summed E-state index contributed by atoms with van der Waals surface area (Å²) in [6.07, 6.45) is 6.36. The Labute approximate surface area is 165 Å². The molecule has 0 unspecified atom stereocenters. The van der Waals surface area contributed by atoms with Gasteiger partial charge in [0.2, 0.25) is 5.95 Å². The van der Waals surface area contributed by atoms with Gasteiger partial charge >= 0.3 is 0 Å². The number of rotatable bonds is 6. The number of nitrogens with zero attached hydrogens (tertiary/aromatic N) is 4. The minimum Gasteiger partial charge on any atom is -0.332 e. The molecule has 4 rings (SSSR count). The van der Waals surface area contributed by atoms with Gasteiger partial charge in [-0.15, -0.1) is 11.3 Å². The Kier molecular flexibility index (Phi) is 4.96. The number of thiazole rings is 1. The highest BCUT2D eigenvalue weighted by Crippen LogP contribution is 2.27. The van der Waals surface area contributed by atoms with Crippen LogP contribution in [-0.2, 0) is 10.0 Å². The molecule has 0 aliphatic carbocycles. The number of aromatic nitrogens is 4. The summed E-state index contributed by atoms with van der Waals surface area (Å²) < 4.78 is 27.1. The van der Waals surface area contributed by atoms with Crippen LogP contribution in [0.5, 0.6) is 0 Å². The third kappa shape index (κ3) is 4.13. The topological polar surface area (TPSA) is 110 Å². The smallest absolute Gasteiger partial charge is 0.264 e. The van der Waals surface area contributed by atoms with Crippen molar-refractivity contribution in [3.63, 3.8) is 0 Å². The van der Waals surface area contributed by atoms with Crippen LogP contribution in [0.25, 0.3) is 11.3 Å². The van der Waals surface area contributed by atoms with Crippen LogP contribution in [0.3, 0.4) is 0 Å². The second kappa shape index (κ2) is 7.71. The largest absolute Gasteiger partial charge is 0.332 e. The highest BCUT2D eigenvalue weighted by Gasteiger charge is 2.15. The maximum atomic E-state index is 12.4. The molecule has 140 valence electrons. The third-order valence-corrected chi connectivity index (χ3v) is 5.79. The summed E-state index contributed by atoms with van der Waals surface area (Å²) in [4.78, 5) is 16.4. The summed E-state index contributed by atoms with van der Waals surface area (Å²) in [5.74, 6) is 0.0242. The predicted molar refractivity (Wildman–Crippen MR) is 108 cm³/mol. The molecule has 10 heteroatoms. The van der Waals surface area contributed by atoms with Gasteiger partial charge in [0.25, 0.3) is 10.0 Å². The Morgan fingerprint density at radius 2 is 1.61 bits per heavy atom. The first-order chi connectivity index (χ1) is 13.6. The van der Waals surface area contributed by atoms with Crippen molar-refractivity contribution in [3.05, 3.63) is 72.6 Å². The monoisotopic (exact) mass is 410 g/mol. The van der Waals surface area contributed by atoms with Gasteiger partial charge in [-0.2, -0.15) is 0 Å². The van der Waals surface area contributed by atoms with Gasteiger partial charge in [0, 0.05) is 41.4 Å². The Bertz CT molecular complexity index is 1160. The lowest BCUT2D eigenvalue weighted by Crippen LogP contribution is -2.14. The Morgan fingerprint density at radius 3 is 2.32 bits per heavy atom. The Balaban J connectivity index is 1.47. The summed E-state index contributed by atoms with van der Waals surface area (Å²) >= 11 is 1.46. The van der Waals surface area contributed by atoms with E-state index in [4.69, 9.17) is 0 Å². The van der Waals surface area contributed by atoms with Crippen molar-refractivity contribution in [2.75, 3.05) is 10.0 Å². The van der Waals surface area contributed by atoms with Crippen LogP contribution in [0.4, 0.5) is 16.8 Å². The lowest BCUT2D eigenvalue weighted by atomic mass is 10.2. The zero-order valence-corrected chi connectivity index (χ0v) is 16.0. The molecule has 4 aromatic rings. The normalized spacial score (nSPS) is 11.1. The first-order valence-electron chi connectivity index (χ1n) is 8.13. The maximum Gasteiger partial charge on any atom is 0.264 e. The Hall–Kier alpha value is -3.37. The van der Waals surface area contributed by atoms with E-state index in [0.29, 0.717) is 5.13 Å². The second-order valence-corrected chi connectivity index (χ2v) is 8.14. The third-order valence-electron chi connectivity index (χ3n) is 3.69. The average molecular weight is 410 g/mol.